The highest BCUT2D eigenvalue weighted by atomic mass is 32.2. The molecule has 254 valence electrons. The van der Waals surface area contributed by atoms with Gasteiger partial charge >= 0.3 is 6.09 Å². The van der Waals surface area contributed by atoms with E-state index in [2.05, 4.69) is 26.3 Å². The Kier molecular flexibility index (Phi) is 17.2. The van der Waals surface area contributed by atoms with E-state index in [9.17, 15) is 24.3 Å². The van der Waals surface area contributed by atoms with Crippen LogP contribution in [0.25, 0.3) is 0 Å². The van der Waals surface area contributed by atoms with E-state index >= 15 is 0 Å². The van der Waals surface area contributed by atoms with Gasteiger partial charge in [0.2, 0.25) is 17.7 Å². The number of thioether (sulfide) groups is 1. The van der Waals surface area contributed by atoms with Crippen molar-refractivity contribution in [3.05, 3.63) is 66.0 Å². The summed E-state index contributed by atoms with van der Waals surface area (Å²) in [6.07, 6.45) is 2.59. The molecule has 0 radical (unpaired) electrons. The molecule has 0 aliphatic heterocycles. The quantitative estimate of drug-likeness (QED) is 0.153. The summed E-state index contributed by atoms with van der Waals surface area (Å²) in [4.78, 5) is 56.1. The van der Waals surface area contributed by atoms with Gasteiger partial charge in [0.25, 0.3) is 0 Å². The Morgan fingerprint density at radius 1 is 0.804 bits per heavy atom. The Bertz CT molecular complexity index is 1220. The zero-order valence-corrected chi connectivity index (χ0v) is 28.6. The van der Waals surface area contributed by atoms with E-state index in [1.54, 1.807) is 31.3 Å². The average molecular weight is 658 g/mol. The average Bonchev–Trinajstić information content (AvgIpc) is 3.02. The van der Waals surface area contributed by atoms with Gasteiger partial charge in [-0.05, 0) is 55.1 Å². The van der Waals surface area contributed by atoms with Crippen LogP contribution in [0.3, 0.4) is 0 Å². The van der Waals surface area contributed by atoms with Gasteiger partial charge in [-0.15, -0.1) is 0 Å². The monoisotopic (exact) mass is 657 g/mol. The van der Waals surface area contributed by atoms with E-state index in [0.717, 1.165) is 5.56 Å². The lowest BCUT2D eigenvalue weighted by Gasteiger charge is -2.29. The molecule has 0 fully saturated rings. The summed E-state index contributed by atoms with van der Waals surface area (Å²) in [7, 11) is 0. The highest BCUT2D eigenvalue weighted by Gasteiger charge is 2.31. The van der Waals surface area contributed by atoms with E-state index in [1.165, 1.54) is 11.8 Å². The van der Waals surface area contributed by atoms with Crippen LogP contribution in [0.15, 0.2) is 54.7 Å². The highest BCUT2D eigenvalue weighted by molar-refractivity contribution is 7.98. The molecule has 0 aliphatic carbocycles. The van der Waals surface area contributed by atoms with Gasteiger partial charge in [0.15, 0.2) is 0 Å². The van der Waals surface area contributed by atoms with Gasteiger partial charge in [-0.1, -0.05) is 71.0 Å². The van der Waals surface area contributed by atoms with E-state index in [-0.39, 0.29) is 42.4 Å². The number of pyridine rings is 1. The van der Waals surface area contributed by atoms with Crippen molar-refractivity contribution in [3.8, 4) is 0 Å². The number of amides is 4. The van der Waals surface area contributed by atoms with E-state index in [0.29, 0.717) is 25.1 Å². The van der Waals surface area contributed by atoms with Crippen LogP contribution >= 0.6 is 11.8 Å². The van der Waals surface area contributed by atoms with Crippen LogP contribution < -0.4 is 21.3 Å². The van der Waals surface area contributed by atoms with Crippen molar-refractivity contribution in [3.63, 3.8) is 0 Å². The molecule has 2 rings (SSSR count). The molecule has 0 spiro atoms. The maximum absolute atomic E-state index is 13.3. The number of carbonyl (C=O) groups is 4. The molecule has 0 saturated heterocycles. The number of hydrogen-bond donors (Lipinski definition) is 5. The van der Waals surface area contributed by atoms with Crippen LogP contribution in [0.4, 0.5) is 4.79 Å². The highest BCUT2D eigenvalue weighted by Crippen LogP contribution is 2.17. The summed E-state index contributed by atoms with van der Waals surface area (Å²) in [6, 6.07) is 12.5. The molecule has 46 heavy (non-hydrogen) atoms. The molecule has 2 aromatic rings. The van der Waals surface area contributed by atoms with Crippen molar-refractivity contribution >= 4 is 35.6 Å². The fourth-order valence-corrected chi connectivity index (χ4v) is 5.39. The van der Waals surface area contributed by atoms with Crippen LogP contribution in [0, 0.1) is 17.8 Å². The Morgan fingerprint density at radius 3 is 2.09 bits per heavy atom. The molecular formula is C34H51N5O6S. The Balaban J connectivity index is 2.00. The number of nitrogens with zero attached hydrogens (tertiary/aromatic N) is 1. The van der Waals surface area contributed by atoms with Gasteiger partial charge in [-0.2, -0.15) is 11.8 Å². The summed E-state index contributed by atoms with van der Waals surface area (Å²) in [5, 5.41) is 22.5. The molecule has 0 aliphatic rings. The minimum absolute atomic E-state index is 0.0400. The van der Waals surface area contributed by atoms with Crippen molar-refractivity contribution in [1.29, 1.82) is 0 Å². The molecule has 1 aromatic carbocycles. The van der Waals surface area contributed by atoms with Crippen LogP contribution in [0.2, 0.25) is 0 Å². The lowest BCUT2D eigenvalue weighted by Crippen LogP contribution is -2.54. The standard InChI is InChI=1S/C34H51N5O6S/c1-22(2)16-27(37-33(43)29(21-46-6)39-34(44)45-20-26-14-10-11-15-35-26)30(40)18-24(5)31(41)38-28(17-23(3)4)32(42)36-19-25-12-8-7-9-13-25/h7-15,22-24,27-30,40H,16-21H2,1-6H3,(H,36,42)(H,37,43)(H,38,41)(H,39,44)/t24-,27+,28+,29+,30+/m1/s1. The number of carbonyl (C=O) groups excluding carboxylic acids is 4. The zero-order valence-electron chi connectivity index (χ0n) is 27.8. The van der Waals surface area contributed by atoms with E-state index in [1.807, 2.05) is 64.3 Å². The number of alkyl carbamates (subject to hydrolysis) is 1. The first kappa shape index (κ1) is 38.5. The van der Waals surface area contributed by atoms with Crippen LogP contribution in [0.1, 0.15) is 65.1 Å². The maximum atomic E-state index is 13.3. The predicted octanol–water partition coefficient (Wildman–Crippen LogP) is 3.80. The summed E-state index contributed by atoms with van der Waals surface area (Å²) in [5.74, 6) is -1.14. The summed E-state index contributed by atoms with van der Waals surface area (Å²) < 4.78 is 5.24. The Morgan fingerprint density at radius 2 is 1.48 bits per heavy atom. The lowest BCUT2D eigenvalue weighted by molar-refractivity contribution is -0.132. The second-order valence-electron chi connectivity index (χ2n) is 12.4. The first-order valence-electron chi connectivity index (χ1n) is 15.8. The topological polar surface area (TPSA) is 159 Å². The first-order chi connectivity index (χ1) is 21.9. The number of benzene rings is 1. The molecule has 1 heterocycles. The number of ether oxygens (including phenoxy) is 1. The first-order valence-corrected chi connectivity index (χ1v) is 17.2. The van der Waals surface area contributed by atoms with Gasteiger partial charge in [0.1, 0.15) is 18.7 Å². The molecule has 11 nitrogen and oxygen atoms in total. The second kappa shape index (κ2) is 20.5. The SMILES string of the molecule is CSC[C@H](NC(=O)OCc1ccccn1)C(=O)N[C@@H](CC(C)C)[C@@H](O)C[C@@H](C)C(=O)N[C@@H](CC(C)C)C(=O)NCc1ccccc1. The van der Waals surface area contributed by atoms with Crippen molar-refractivity contribution in [2.45, 2.75) is 91.3 Å². The molecule has 5 atom stereocenters. The van der Waals surface area contributed by atoms with E-state index < -0.39 is 42.1 Å². The maximum Gasteiger partial charge on any atom is 0.408 e. The number of rotatable bonds is 19. The fraction of sp³-hybridized carbons (Fsp3) is 0.559. The minimum Gasteiger partial charge on any atom is -0.443 e. The van der Waals surface area contributed by atoms with Crippen molar-refractivity contribution < 1.29 is 29.0 Å². The molecule has 5 N–H and O–H groups in total. The smallest absolute Gasteiger partial charge is 0.408 e. The van der Waals surface area contributed by atoms with Crippen molar-refractivity contribution in [2.75, 3.05) is 12.0 Å². The number of nitrogens with one attached hydrogen (secondary N) is 4. The van der Waals surface area contributed by atoms with Gasteiger partial charge < -0.3 is 31.1 Å². The van der Waals surface area contributed by atoms with Gasteiger partial charge in [0.05, 0.1) is 17.8 Å². The molecule has 1 aromatic heterocycles. The zero-order chi connectivity index (χ0) is 34.1. The molecule has 0 bridgehead atoms. The number of hydrogen-bond acceptors (Lipinski definition) is 8. The molecule has 4 amide bonds. The van der Waals surface area contributed by atoms with Gasteiger partial charge in [0, 0.05) is 24.4 Å². The summed E-state index contributed by atoms with van der Waals surface area (Å²) >= 11 is 1.38. The molecule has 0 saturated carbocycles. The third kappa shape index (κ3) is 14.6. The number of aliphatic hydroxyl groups is 1. The minimum atomic E-state index is -1.05. The summed E-state index contributed by atoms with van der Waals surface area (Å²) in [5.41, 5.74) is 1.53. The third-order valence-corrected chi connectivity index (χ3v) is 7.90. The number of aromatic nitrogens is 1. The predicted molar refractivity (Wildman–Crippen MR) is 181 cm³/mol. The fourth-order valence-electron chi connectivity index (χ4n) is 4.82. The largest absolute Gasteiger partial charge is 0.443 e. The van der Waals surface area contributed by atoms with Crippen molar-refractivity contribution in [2.24, 2.45) is 17.8 Å². The molecule has 12 heteroatoms. The van der Waals surface area contributed by atoms with Crippen molar-refractivity contribution in [1.82, 2.24) is 26.3 Å². The van der Waals surface area contributed by atoms with E-state index in [4.69, 9.17) is 4.74 Å². The van der Waals surface area contributed by atoms with Crippen LogP contribution in [0.5, 0.6) is 0 Å². The van der Waals surface area contributed by atoms with Crippen LogP contribution in [-0.2, 0) is 32.3 Å². The van der Waals surface area contributed by atoms with Crippen LogP contribution in [-0.4, -0.2) is 70.1 Å². The summed E-state index contributed by atoms with van der Waals surface area (Å²) in [6.45, 7) is 9.91. The second-order valence-corrected chi connectivity index (χ2v) is 13.3. The number of aliphatic hydroxyl groups excluding tert-OH is 1. The normalized spacial score (nSPS) is 14.5. The Labute approximate surface area is 277 Å². The van der Waals surface area contributed by atoms with Gasteiger partial charge in [-0.25, -0.2) is 4.79 Å². The molecular weight excluding hydrogens is 606 g/mol. The molecule has 0 unspecified atom stereocenters. The Hall–Kier alpha value is -3.64. The van der Waals surface area contributed by atoms with Gasteiger partial charge in [-0.3, -0.25) is 19.4 Å². The third-order valence-electron chi connectivity index (χ3n) is 7.23. The lowest BCUT2D eigenvalue weighted by atomic mass is 9.92.